The number of hydrogen-bond donors (Lipinski definition) is 3. The second-order valence-corrected chi connectivity index (χ2v) is 9.49. The molecule has 0 aliphatic heterocycles. The normalized spacial score (nSPS) is 22.1. The molecule has 0 spiro atoms. The number of hydrogen-bond acceptors (Lipinski definition) is 6. The minimum atomic E-state index is -0.591. The van der Waals surface area contributed by atoms with Crippen LogP contribution in [0.4, 0.5) is 15.4 Å². The van der Waals surface area contributed by atoms with Crippen molar-refractivity contribution in [2.45, 2.75) is 84.2 Å². The number of carbonyl (C=O) groups excluding carboxylic acids is 2. The third kappa shape index (κ3) is 8.27. The number of nitrogens with zero attached hydrogens (tertiary/aromatic N) is 1. The molecule has 1 heterocycles. The number of rotatable bonds is 4. The van der Waals surface area contributed by atoms with Gasteiger partial charge in [0, 0.05) is 11.7 Å². The molecule has 0 bridgehead atoms. The SMILES string of the molecule is CC(C)(C)OC(=O)Nc1cccc(C[C@H]2C[C@H](NC(=O)OC(C)(C)C)C[C@@H]2O)n1. The number of amides is 2. The van der Waals surface area contributed by atoms with Crippen LogP contribution in [-0.2, 0) is 15.9 Å². The Morgan fingerprint density at radius 2 is 1.69 bits per heavy atom. The van der Waals surface area contributed by atoms with Crippen molar-refractivity contribution in [2.24, 2.45) is 5.92 Å². The minimum absolute atomic E-state index is 0.0424. The molecular weight excluding hydrogens is 374 g/mol. The van der Waals surface area contributed by atoms with Crippen molar-refractivity contribution in [2.75, 3.05) is 5.32 Å². The Bertz CT molecular complexity index is 724. The van der Waals surface area contributed by atoms with E-state index in [1.54, 1.807) is 32.9 Å². The standard InChI is InChI=1S/C21H33N3O5/c1-20(2,3)28-18(26)23-15-11-13(16(25)12-15)10-14-8-7-9-17(22-14)24-19(27)29-21(4,5)6/h7-9,13,15-16,25H,10-12H2,1-6H3,(H,23,26)(H,22,24,27)/t13-,15-,16-/m0/s1. The lowest BCUT2D eigenvalue weighted by Gasteiger charge is -2.21. The molecule has 0 unspecified atom stereocenters. The highest BCUT2D eigenvalue weighted by atomic mass is 16.6. The maximum atomic E-state index is 12.0. The lowest BCUT2D eigenvalue weighted by Crippen LogP contribution is -2.38. The third-order valence-corrected chi connectivity index (χ3v) is 4.29. The van der Waals surface area contributed by atoms with Crippen LogP contribution in [0.2, 0.25) is 0 Å². The molecule has 1 fully saturated rings. The largest absolute Gasteiger partial charge is 0.444 e. The van der Waals surface area contributed by atoms with Gasteiger partial charge in [0.15, 0.2) is 0 Å². The molecule has 1 aliphatic rings. The first-order valence-electron chi connectivity index (χ1n) is 9.94. The molecule has 0 saturated heterocycles. The summed E-state index contributed by atoms with van der Waals surface area (Å²) in [6.07, 6.45) is 0.0595. The van der Waals surface area contributed by atoms with E-state index in [2.05, 4.69) is 15.6 Å². The quantitative estimate of drug-likeness (QED) is 0.703. The van der Waals surface area contributed by atoms with E-state index in [9.17, 15) is 14.7 Å². The van der Waals surface area contributed by atoms with Crippen LogP contribution in [0.5, 0.6) is 0 Å². The van der Waals surface area contributed by atoms with Gasteiger partial charge in [-0.1, -0.05) is 6.07 Å². The molecule has 2 amide bonds. The second-order valence-electron chi connectivity index (χ2n) is 9.49. The van der Waals surface area contributed by atoms with Crippen LogP contribution >= 0.6 is 0 Å². The van der Waals surface area contributed by atoms with E-state index < -0.39 is 29.5 Å². The average Bonchev–Trinajstić information content (AvgIpc) is 2.82. The van der Waals surface area contributed by atoms with Crippen LogP contribution in [0.1, 0.15) is 60.1 Å². The highest BCUT2D eigenvalue weighted by molar-refractivity contribution is 5.83. The van der Waals surface area contributed by atoms with Gasteiger partial charge in [-0.3, -0.25) is 5.32 Å². The van der Waals surface area contributed by atoms with Crippen molar-refractivity contribution in [3.63, 3.8) is 0 Å². The second kappa shape index (κ2) is 8.98. The number of aliphatic hydroxyl groups is 1. The summed E-state index contributed by atoms with van der Waals surface area (Å²) in [5.74, 6) is 0.354. The Kier molecular flexibility index (Phi) is 7.11. The molecule has 8 nitrogen and oxygen atoms in total. The summed E-state index contributed by atoms with van der Waals surface area (Å²) in [7, 11) is 0. The Hall–Kier alpha value is -2.35. The molecular formula is C21H33N3O5. The predicted molar refractivity (Wildman–Crippen MR) is 110 cm³/mol. The molecule has 2 rings (SSSR count). The summed E-state index contributed by atoms with van der Waals surface area (Å²) in [5, 5.41) is 15.8. The van der Waals surface area contributed by atoms with E-state index in [1.165, 1.54) is 0 Å². The number of aliphatic hydroxyl groups excluding tert-OH is 1. The molecule has 1 aliphatic carbocycles. The highest BCUT2D eigenvalue weighted by Gasteiger charge is 2.35. The van der Waals surface area contributed by atoms with E-state index in [4.69, 9.17) is 9.47 Å². The van der Waals surface area contributed by atoms with Crippen LogP contribution < -0.4 is 10.6 Å². The van der Waals surface area contributed by atoms with Crippen molar-refractivity contribution in [3.8, 4) is 0 Å². The van der Waals surface area contributed by atoms with Crippen molar-refractivity contribution >= 4 is 18.0 Å². The first kappa shape index (κ1) is 22.9. The van der Waals surface area contributed by atoms with Crippen LogP contribution in [0, 0.1) is 5.92 Å². The maximum absolute atomic E-state index is 12.0. The van der Waals surface area contributed by atoms with Gasteiger partial charge in [-0.2, -0.15) is 0 Å². The topological polar surface area (TPSA) is 110 Å². The Morgan fingerprint density at radius 3 is 2.31 bits per heavy atom. The summed E-state index contributed by atoms with van der Waals surface area (Å²) in [4.78, 5) is 28.3. The summed E-state index contributed by atoms with van der Waals surface area (Å²) >= 11 is 0. The number of aromatic nitrogens is 1. The predicted octanol–water partition coefficient (Wildman–Crippen LogP) is 3.64. The van der Waals surface area contributed by atoms with E-state index in [0.29, 0.717) is 25.1 Å². The molecule has 8 heteroatoms. The van der Waals surface area contributed by atoms with Crippen LogP contribution in [0.15, 0.2) is 18.2 Å². The Labute approximate surface area is 172 Å². The van der Waals surface area contributed by atoms with E-state index in [0.717, 1.165) is 5.69 Å². The van der Waals surface area contributed by atoms with Gasteiger partial charge in [-0.15, -0.1) is 0 Å². The fourth-order valence-electron chi connectivity index (χ4n) is 3.25. The fourth-order valence-corrected chi connectivity index (χ4v) is 3.25. The van der Waals surface area contributed by atoms with Crippen LogP contribution in [0.25, 0.3) is 0 Å². The minimum Gasteiger partial charge on any atom is -0.444 e. The van der Waals surface area contributed by atoms with Crippen LogP contribution in [-0.4, -0.2) is 45.6 Å². The van der Waals surface area contributed by atoms with Gasteiger partial charge in [-0.25, -0.2) is 14.6 Å². The van der Waals surface area contributed by atoms with E-state index in [-0.39, 0.29) is 12.0 Å². The molecule has 1 aromatic rings. The van der Waals surface area contributed by atoms with Crippen molar-refractivity contribution in [1.29, 1.82) is 0 Å². The number of carbonyl (C=O) groups is 2. The van der Waals surface area contributed by atoms with Gasteiger partial charge < -0.3 is 19.9 Å². The molecule has 29 heavy (non-hydrogen) atoms. The molecule has 3 atom stereocenters. The molecule has 1 saturated carbocycles. The molecule has 162 valence electrons. The highest BCUT2D eigenvalue weighted by Crippen LogP contribution is 2.29. The number of ether oxygens (including phenoxy) is 2. The lowest BCUT2D eigenvalue weighted by atomic mass is 9.99. The third-order valence-electron chi connectivity index (χ3n) is 4.29. The molecule has 3 N–H and O–H groups in total. The van der Waals surface area contributed by atoms with E-state index >= 15 is 0 Å². The molecule has 0 radical (unpaired) electrons. The van der Waals surface area contributed by atoms with Gasteiger partial charge in [0.05, 0.1) is 6.10 Å². The van der Waals surface area contributed by atoms with Gasteiger partial charge in [-0.05, 0) is 78.9 Å². The van der Waals surface area contributed by atoms with Gasteiger partial charge in [0.1, 0.15) is 17.0 Å². The fraction of sp³-hybridized carbons (Fsp3) is 0.667. The van der Waals surface area contributed by atoms with Crippen molar-refractivity contribution in [3.05, 3.63) is 23.9 Å². The Balaban J connectivity index is 1.91. The number of pyridine rings is 1. The average molecular weight is 408 g/mol. The van der Waals surface area contributed by atoms with Crippen LogP contribution in [0.3, 0.4) is 0 Å². The zero-order valence-corrected chi connectivity index (χ0v) is 18.1. The Morgan fingerprint density at radius 1 is 1.07 bits per heavy atom. The summed E-state index contributed by atoms with van der Waals surface area (Å²) in [6, 6.07) is 5.19. The number of nitrogens with one attached hydrogen (secondary N) is 2. The first-order valence-corrected chi connectivity index (χ1v) is 9.94. The van der Waals surface area contributed by atoms with Crippen molar-refractivity contribution in [1.82, 2.24) is 10.3 Å². The summed E-state index contributed by atoms with van der Waals surface area (Å²) in [6.45, 7) is 10.8. The van der Waals surface area contributed by atoms with E-state index in [1.807, 2.05) is 26.8 Å². The number of alkyl carbamates (subject to hydrolysis) is 1. The summed E-state index contributed by atoms with van der Waals surface area (Å²) < 4.78 is 10.5. The zero-order valence-electron chi connectivity index (χ0n) is 18.1. The lowest BCUT2D eigenvalue weighted by molar-refractivity contribution is 0.0501. The zero-order chi connectivity index (χ0) is 21.8. The smallest absolute Gasteiger partial charge is 0.413 e. The van der Waals surface area contributed by atoms with Gasteiger partial charge in [0.25, 0.3) is 0 Å². The van der Waals surface area contributed by atoms with Crippen molar-refractivity contribution < 1.29 is 24.2 Å². The number of anilines is 1. The van der Waals surface area contributed by atoms with Gasteiger partial charge in [0.2, 0.25) is 0 Å². The summed E-state index contributed by atoms with van der Waals surface area (Å²) in [5.41, 5.74) is -0.404. The van der Waals surface area contributed by atoms with Gasteiger partial charge >= 0.3 is 12.2 Å². The monoisotopic (exact) mass is 407 g/mol. The first-order chi connectivity index (χ1) is 13.3. The maximum Gasteiger partial charge on any atom is 0.413 e. The molecule has 0 aromatic carbocycles. The molecule has 1 aromatic heterocycles.